The molecule has 6 nitrogen and oxygen atoms in total. The Balaban J connectivity index is 1.72. The third-order valence-electron chi connectivity index (χ3n) is 4.54. The molecule has 0 spiro atoms. The highest BCUT2D eigenvalue weighted by Gasteiger charge is 2.34. The van der Waals surface area contributed by atoms with Crippen LogP contribution in [-0.4, -0.2) is 28.6 Å². The number of carbonyl (C=O) groups is 2. The molecule has 0 aliphatic carbocycles. The fourth-order valence-corrected chi connectivity index (χ4v) is 3.39. The van der Waals surface area contributed by atoms with Crippen molar-refractivity contribution in [1.82, 2.24) is 9.88 Å². The van der Waals surface area contributed by atoms with Gasteiger partial charge in [0.15, 0.2) is 5.11 Å². The number of benzene rings is 2. The number of para-hydroxylation sites is 1. The van der Waals surface area contributed by atoms with Crippen LogP contribution < -0.4 is 15.0 Å². The zero-order valence-electron chi connectivity index (χ0n) is 15.5. The van der Waals surface area contributed by atoms with Crippen molar-refractivity contribution in [3.05, 3.63) is 84.2 Å². The number of thiocarbonyl (C=S) groups is 1. The number of ether oxygens (including phenoxy) is 1. The maximum absolute atomic E-state index is 13.1. The molecule has 3 aromatic rings. The third-order valence-corrected chi connectivity index (χ3v) is 4.82. The van der Waals surface area contributed by atoms with Crippen molar-refractivity contribution in [1.29, 1.82) is 0 Å². The largest absolute Gasteiger partial charge is 0.497 e. The van der Waals surface area contributed by atoms with E-state index in [1.54, 1.807) is 37.5 Å². The van der Waals surface area contributed by atoms with Gasteiger partial charge in [0.2, 0.25) is 0 Å². The van der Waals surface area contributed by atoms with Crippen molar-refractivity contribution in [2.45, 2.75) is 0 Å². The molecule has 29 heavy (non-hydrogen) atoms. The Bertz CT molecular complexity index is 1120. The molecule has 144 valence electrons. The molecule has 1 aromatic heterocycles. The van der Waals surface area contributed by atoms with Crippen molar-refractivity contribution in [3.8, 4) is 11.4 Å². The van der Waals surface area contributed by atoms with E-state index < -0.39 is 11.8 Å². The first-order valence-corrected chi connectivity index (χ1v) is 9.27. The predicted molar refractivity (Wildman–Crippen MR) is 115 cm³/mol. The molecule has 0 saturated carbocycles. The fraction of sp³-hybridized carbons (Fsp3) is 0.0455. The summed E-state index contributed by atoms with van der Waals surface area (Å²) in [5, 5.41) is 2.64. The van der Waals surface area contributed by atoms with Gasteiger partial charge in [-0.2, -0.15) is 0 Å². The van der Waals surface area contributed by atoms with Gasteiger partial charge in [-0.15, -0.1) is 0 Å². The van der Waals surface area contributed by atoms with Crippen LogP contribution in [0.25, 0.3) is 11.8 Å². The van der Waals surface area contributed by atoms with Crippen molar-refractivity contribution >= 4 is 40.9 Å². The van der Waals surface area contributed by atoms with E-state index in [0.717, 1.165) is 5.69 Å². The second-order valence-electron chi connectivity index (χ2n) is 6.29. The van der Waals surface area contributed by atoms with Gasteiger partial charge >= 0.3 is 0 Å². The molecule has 2 amide bonds. The van der Waals surface area contributed by atoms with Gasteiger partial charge < -0.3 is 9.30 Å². The molecule has 0 radical (unpaired) electrons. The quantitative estimate of drug-likeness (QED) is 0.412. The summed E-state index contributed by atoms with van der Waals surface area (Å²) in [6.07, 6.45) is 3.45. The molecular weight excluding hydrogens is 386 g/mol. The zero-order chi connectivity index (χ0) is 20.4. The first-order valence-electron chi connectivity index (χ1n) is 8.87. The topological polar surface area (TPSA) is 63.6 Å². The lowest BCUT2D eigenvalue weighted by atomic mass is 10.1. The number of carbonyl (C=O) groups excluding carboxylic acids is 2. The van der Waals surface area contributed by atoms with Gasteiger partial charge in [-0.25, -0.2) is 0 Å². The van der Waals surface area contributed by atoms with E-state index in [0.29, 0.717) is 17.1 Å². The van der Waals surface area contributed by atoms with Crippen LogP contribution >= 0.6 is 12.2 Å². The Labute approximate surface area is 173 Å². The Morgan fingerprint density at radius 2 is 1.66 bits per heavy atom. The molecule has 1 fully saturated rings. The Morgan fingerprint density at radius 1 is 0.931 bits per heavy atom. The number of anilines is 1. The summed E-state index contributed by atoms with van der Waals surface area (Å²) in [7, 11) is 1.56. The number of aromatic nitrogens is 1. The van der Waals surface area contributed by atoms with E-state index in [9.17, 15) is 9.59 Å². The third kappa shape index (κ3) is 3.55. The van der Waals surface area contributed by atoms with Crippen molar-refractivity contribution < 1.29 is 14.3 Å². The number of amides is 2. The van der Waals surface area contributed by atoms with E-state index in [1.807, 2.05) is 53.2 Å². The van der Waals surface area contributed by atoms with Gasteiger partial charge in [0.25, 0.3) is 11.8 Å². The van der Waals surface area contributed by atoms with Gasteiger partial charge in [0.1, 0.15) is 11.3 Å². The van der Waals surface area contributed by atoms with Crippen LogP contribution in [0.2, 0.25) is 0 Å². The summed E-state index contributed by atoms with van der Waals surface area (Å²) in [5.41, 5.74) is 2.18. The number of hydrogen-bond acceptors (Lipinski definition) is 4. The highest BCUT2D eigenvalue weighted by molar-refractivity contribution is 7.80. The molecule has 2 heterocycles. The summed E-state index contributed by atoms with van der Waals surface area (Å²) in [6, 6.07) is 20.3. The lowest BCUT2D eigenvalue weighted by Gasteiger charge is -2.29. The van der Waals surface area contributed by atoms with E-state index >= 15 is 0 Å². The number of methoxy groups -OCH3 is 1. The minimum Gasteiger partial charge on any atom is -0.497 e. The predicted octanol–water partition coefficient (Wildman–Crippen LogP) is 3.32. The lowest BCUT2D eigenvalue weighted by Crippen LogP contribution is -2.54. The minimum atomic E-state index is -0.523. The van der Waals surface area contributed by atoms with E-state index in [4.69, 9.17) is 17.0 Å². The van der Waals surface area contributed by atoms with Crippen molar-refractivity contribution in [2.75, 3.05) is 12.0 Å². The van der Waals surface area contributed by atoms with Crippen LogP contribution in [0.5, 0.6) is 5.75 Å². The Morgan fingerprint density at radius 3 is 2.34 bits per heavy atom. The summed E-state index contributed by atoms with van der Waals surface area (Å²) in [5.74, 6) is -0.347. The maximum Gasteiger partial charge on any atom is 0.270 e. The number of rotatable bonds is 4. The van der Waals surface area contributed by atoms with E-state index in [1.165, 1.54) is 4.90 Å². The standard InChI is InChI=1S/C22H17N3O3S/c1-28-18-11-9-16(10-12-18)25-21(27)19(20(26)23-22(25)29)14-17-8-5-13-24(17)15-6-3-2-4-7-15/h2-14H,1H3,(H,23,26,29)/b19-14+. The van der Waals surface area contributed by atoms with E-state index in [-0.39, 0.29) is 10.7 Å². The van der Waals surface area contributed by atoms with Gasteiger partial charge in [-0.05, 0) is 66.8 Å². The van der Waals surface area contributed by atoms with Crippen LogP contribution in [0.15, 0.2) is 78.5 Å². The SMILES string of the molecule is COc1ccc(N2C(=O)/C(=C/c3cccn3-c3ccccc3)C(=O)NC2=S)cc1. The van der Waals surface area contributed by atoms with Gasteiger partial charge in [-0.3, -0.25) is 19.8 Å². The molecule has 1 aliphatic heterocycles. The average Bonchev–Trinajstić information content (AvgIpc) is 3.20. The van der Waals surface area contributed by atoms with E-state index in [2.05, 4.69) is 5.32 Å². The molecule has 0 bridgehead atoms. The second-order valence-corrected chi connectivity index (χ2v) is 6.68. The summed E-state index contributed by atoms with van der Waals surface area (Å²) in [6.45, 7) is 0. The fourth-order valence-electron chi connectivity index (χ4n) is 3.11. The molecule has 2 aromatic carbocycles. The highest BCUT2D eigenvalue weighted by atomic mass is 32.1. The second kappa shape index (κ2) is 7.73. The molecule has 7 heteroatoms. The summed E-state index contributed by atoms with van der Waals surface area (Å²) in [4.78, 5) is 27.0. The number of nitrogens with zero attached hydrogens (tertiary/aromatic N) is 2. The zero-order valence-corrected chi connectivity index (χ0v) is 16.3. The lowest BCUT2D eigenvalue weighted by molar-refractivity contribution is -0.122. The molecule has 0 atom stereocenters. The van der Waals surface area contributed by atoms with Gasteiger partial charge in [0, 0.05) is 17.6 Å². The van der Waals surface area contributed by atoms with Crippen LogP contribution in [0.4, 0.5) is 5.69 Å². The maximum atomic E-state index is 13.1. The first kappa shape index (κ1) is 18.6. The molecule has 1 N–H and O–H groups in total. The number of hydrogen-bond donors (Lipinski definition) is 1. The van der Waals surface area contributed by atoms with Gasteiger partial charge in [0.05, 0.1) is 12.8 Å². The van der Waals surface area contributed by atoms with Gasteiger partial charge in [-0.1, -0.05) is 18.2 Å². The average molecular weight is 403 g/mol. The minimum absolute atomic E-state index is 0.00491. The normalized spacial score (nSPS) is 15.6. The van der Waals surface area contributed by atoms with Crippen molar-refractivity contribution in [3.63, 3.8) is 0 Å². The number of nitrogens with one attached hydrogen (secondary N) is 1. The van der Waals surface area contributed by atoms with Crippen LogP contribution in [-0.2, 0) is 9.59 Å². The van der Waals surface area contributed by atoms with Crippen LogP contribution in [0.3, 0.4) is 0 Å². The summed E-state index contributed by atoms with van der Waals surface area (Å²) < 4.78 is 7.05. The highest BCUT2D eigenvalue weighted by Crippen LogP contribution is 2.25. The first-order chi connectivity index (χ1) is 14.1. The smallest absolute Gasteiger partial charge is 0.270 e. The Hall–Kier alpha value is -3.71. The molecule has 1 saturated heterocycles. The van der Waals surface area contributed by atoms with Crippen LogP contribution in [0, 0.1) is 0 Å². The Kier molecular flexibility index (Phi) is 4.97. The molecule has 0 unspecified atom stereocenters. The molecule has 1 aliphatic rings. The molecule has 4 rings (SSSR count). The van der Waals surface area contributed by atoms with Crippen LogP contribution in [0.1, 0.15) is 5.69 Å². The molecular formula is C22H17N3O3S. The van der Waals surface area contributed by atoms with Crippen molar-refractivity contribution in [2.24, 2.45) is 0 Å². The summed E-state index contributed by atoms with van der Waals surface area (Å²) >= 11 is 5.24. The monoisotopic (exact) mass is 403 g/mol.